The minimum absolute atomic E-state index is 0.0199. The molecule has 1 radical (unpaired) electrons. The van der Waals surface area contributed by atoms with Gasteiger partial charge in [0, 0.05) is 5.56 Å². The van der Waals surface area contributed by atoms with Crippen LogP contribution in [-0.2, 0) is 4.79 Å². The van der Waals surface area contributed by atoms with E-state index in [0.717, 1.165) is 0 Å². The van der Waals surface area contributed by atoms with Crippen LogP contribution in [0.5, 0.6) is 11.5 Å². The van der Waals surface area contributed by atoms with Gasteiger partial charge in [0.2, 0.25) is 6.29 Å². The Balaban J connectivity index is 3.12. The number of methoxy groups -OCH3 is 1. The van der Waals surface area contributed by atoms with E-state index in [4.69, 9.17) is 9.84 Å². The molecule has 0 aliphatic heterocycles. The highest BCUT2D eigenvalue weighted by Gasteiger charge is 2.00. The minimum atomic E-state index is 0.0199. The molecule has 0 bridgehead atoms. The minimum Gasteiger partial charge on any atom is -0.504 e. The fourth-order valence-corrected chi connectivity index (χ4v) is 0.741. The third-order valence-corrected chi connectivity index (χ3v) is 1.30. The zero-order valence-electron chi connectivity index (χ0n) is 6.00. The van der Waals surface area contributed by atoms with Gasteiger partial charge in [0.15, 0.2) is 11.5 Å². The molecule has 0 atom stereocenters. The Bertz CT molecular complexity index is 268. The van der Waals surface area contributed by atoms with Crippen molar-refractivity contribution >= 4 is 6.29 Å². The summed E-state index contributed by atoms with van der Waals surface area (Å²) >= 11 is 0. The summed E-state index contributed by atoms with van der Waals surface area (Å²) in [5.41, 5.74) is 0.361. The summed E-state index contributed by atoms with van der Waals surface area (Å²) in [5, 5.41) is 9.08. The highest BCUT2D eigenvalue weighted by Crippen LogP contribution is 2.25. The first-order valence-corrected chi connectivity index (χ1v) is 3.03. The lowest BCUT2D eigenvalue weighted by atomic mass is 10.2. The largest absolute Gasteiger partial charge is 0.504 e. The molecule has 0 spiro atoms. The maximum absolute atomic E-state index is 10.1. The lowest BCUT2D eigenvalue weighted by Gasteiger charge is -2.01. The second-order valence-electron chi connectivity index (χ2n) is 1.99. The maximum atomic E-state index is 10.1. The van der Waals surface area contributed by atoms with Gasteiger partial charge in [-0.15, -0.1) is 0 Å². The Morgan fingerprint density at radius 3 is 2.82 bits per heavy atom. The van der Waals surface area contributed by atoms with E-state index >= 15 is 0 Å². The number of phenolic OH excluding ortho intramolecular Hbond substituents is 1. The molecule has 1 aromatic carbocycles. The summed E-state index contributed by atoms with van der Waals surface area (Å²) in [6.45, 7) is 0. The third kappa shape index (κ3) is 1.49. The van der Waals surface area contributed by atoms with Crippen LogP contribution in [-0.4, -0.2) is 18.5 Å². The van der Waals surface area contributed by atoms with Crippen LogP contribution in [0.1, 0.15) is 5.56 Å². The van der Waals surface area contributed by atoms with Crippen molar-refractivity contribution in [2.45, 2.75) is 0 Å². The molecule has 0 fully saturated rings. The third-order valence-electron chi connectivity index (χ3n) is 1.30. The van der Waals surface area contributed by atoms with Crippen molar-refractivity contribution in [3.63, 3.8) is 0 Å². The summed E-state index contributed by atoms with van der Waals surface area (Å²) in [6.07, 6.45) is 1.69. The van der Waals surface area contributed by atoms with Gasteiger partial charge in [-0.05, 0) is 18.2 Å². The molecule has 0 heterocycles. The number of hydrogen-bond acceptors (Lipinski definition) is 3. The Labute approximate surface area is 64.2 Å². The van der Waals surface area contributed by atoms with Crippen LogP contribution in [0.3, 0.4) is 0 Å². The number of rotatable bonds is 2. The highest BCUT2D eigenvalue weighted by atomic mass is 16.5. The van der Waals surface area contributed by atoms with Crippen molar-refractivity contribution < 1.29 is 14.6 Å². The molecule has 3 heteroatoms. The van der Waals surface area contributed by atoms with Crippen LogP contribution < -0.4 is 4.74 Å². The van der Waals surface area contributed by atoms with Crippen LogP contribution >= 0.6 is 0 Å². The number of aromatic hydroxyl groups is 1. The van der Waals surface area contributed by atoms with Crippen LogP contribution in [0, 0.1) is 0 Å². The number of phenols is 1. The van der Waals surface area contributed by atoms with E-state index < -0.39 is 0 Å². The van der Waals surface area contributed by atoms with Gasteiger partial charge in [-0.3, -0.25) is 4.79 Å². The normalized spacial score (nSPS) is 9.18. The fourth-order valence-electron chi connectivity index (χ4n) is 0.741. The van der Waals surface area contributed by atoms with Crippen LogP contribution in [0.4, 0.5) is 0 Å². The summed E-state index contributed by atoms with van der Waals surface area (Å²) < 4.78 is 4.76. The van der Waals surface area contributed by atoms with Crippen LogP contribution in [0.2, 0.25) is 0 Å². The Hall–Kier alpha value is -1.51. The smallest absolute Gasteiger partial charge is 0.233 e. The number of benzene rings is 1. The first kappa shape index (κ1) is 7.60. The topological polar surface area (TPSA) is 46.5 Å². The van der Waals surface area contributed by atoms with Crippen molar-refractivity contribution in [3.05, 3.63) is 23.8 Å². The van der Waals surface area contributed by atoms with E-state index in [1.807, 2.05) is 0 Å². The number of ether oxygens (including phenoxy) is 1. The van der Waals surface area contributed by atoms with E-state index in [-0.39, 0.29) is 11.5 Å². The first-order chi connectivity index (χ1) is 5.27. The molecular formula is C8H7O3. The van der Waals surface area contributed by atoms with Crippen LogP contribution in [0.15, 0.2) is 18.2 Å². The van der Waals surface area contributed by atoms with Gasteiger partial charge >= 0.3 is 0 Å². The van der Waals surface area contributed by atoms with E-state index in [1.54, 1.807) is 6.29 Å². The molecule has 11 heavy (non-hydrogen) atoms. The second kappa shape index (κ2) is 3.05. The average molecular weight is 151 g/mol. The quantitative estimate of drug-likeness (QED) is 0.681. The van der Waals surface area contributed by atoms with Crippen molar-refractivity contribution in [2.24, 2.45) is 0 Å². The molecule has 1 aromatic rings. The fraction of sp³-hybridized carbons (Fsp3) is 0.125. The van der Waals surface area contributed by atoms with Crippen molar-refractivity contribution in [1.29, 1.82) is 0 Å². The van der Waals surface area contributed by atoms with Crippen molar-refractivity contribution in [2.75, 3.05) is 7.11 Å². The highest BCUT2D eigenvalue weighted by molar-refractivity contribution is 5.76. The predicted octanol–water partition coefficient (Wildman–Crippen LogP) is 0.859. The van der Waals surface area contributed by atoms with Gasteiger partial charge in [0.1, 0.15) is 0 Å². The summed E-state index contributed by atoms with van der Waals surface area (Å²) in [5.74, 6) is 0.303. The SMILES string of the molecule is COc1cc([C]=O)ccc1O. The van der Waals surface area contributed by atoms with E-state index in [0.29, 0.717) is 5.56 Å². The molecule has 3 nitrogen and oxygen atoms in total. The van der Waals surface area contributed by atoms with Gasteiger partial charge in [-0.2, -0.15) is 0 Å². The lowest BCUT2D eigenvalue weighted by Crippen LogP contribution is -1.86. The Morgan fingerprint density at radius 1 is 1.55 bits per heavy atom. The zero-order chi connectivity index (χ0) is 8.27. The molecule has 0 saturated heterocycles. The molecule has 0 amide bonds. The molecular weight excluding hydrogens is 144 g/mol. The molecule has 0 aliphatic rings. The first-order valence-electron chi connectivity index (χ1n) is 3.03. The van der Waals surface area contributed by atoms with Crippen LogP contribution in [0.25, 0.3) is 0 Å². The maximum Gasteiger partial charge on any atom is 0.233 e. The number of carbonyl (C=O) groups excluding carboxylic acids is 1. The molecule has 57 valence electrons. The van der Waals surface area contributed by atoms with Gasteiger partial charge in [-0.25, -0.2) is 0 Å². The summed E-state index contributed by atoms with van der Waals surface area (Å²) in [4.78, 5) is 10.1. The molecule has 1 rings (SSSR count). The van der Waals surface area contributed by atoms with Crippen molar-refractivity contribution in [3.8, 4) is 11.5 Å². The Morgan fingerprint density at radius 2 is 2.27 bits per heavy atom. The molecule has 0 aliphatic carbocycles. The average Bonchev–Trinajstić information content (AvgIpc) is 2.05. The monoisotopic (exact) mass is 151 g/mol. The van der Waals surface area contributed by atoms with E-state index in [9.17, 15) is 4.79 Å². The lowest BCUT2D eigenvalue weighted by molar-refractivity contribution is 0.373. The van der Waals surface area contributed by atoms with Gasteiger partial charge < -0.3 is 9.84 Å². The Kier molecular flexibility index (Phi) is 2.11. The van der Waals surface area contributed by atoms with Gasteiger partial charge in [0.05, 0.1) is 7.11 Å². The second-order valence-corrected chi connectivity index (χ2v) is 1.99. The zero-order valence-corrected chi connectivity index (χ0v) is 6.00. The van der Waals surface area contributed by atoms with Crippen molar-refractivity contribution in [1.82, 2.24) is 0 Å². The number of hydrogen-bond donors (Lipinski definition) is 1. The van der Waals surface area contributed by atoms with Gasteiger partial charge in [0.25, 0.3) is 0 Å². The van der Waals surface area contributed by atoms with Gasteiger partial charge in [-0.1, -0.05) is 0 Å². The molecule has 0 unspecified atom stereocenters. The van der Waals surface area contributed by atoms with E-state index in [1.165, 1.54) is 25.3 Å². The molecule has 1 N–H and O–H groups in total. The molecule has 0 aromatic heterocycles. The summed E-state index contributed by atoms with van der Waals surface area (Å²) in [6, 6.07) is 4.27. The standard InChI is InChI=1S/C8H7O3/c1-11-8-4-6(5-9)2-3-7(8)10/h2-4,10H,1H3. The predicted molar refractivity (Wildman–Crippen MR) is 39.5 cm³/mol. The molecule has 0 saturated carbocycles. The van der Waals surface area contributed by atoms with E-state index in [2.05, 4.69) is 0 Å². The summed E-state index contributed by atoms with van der Waals surface area (Å²) in [7, 11) is 1.42.